The molecule has 0 bridgehead atoms. The Labute approximate surface area is 124 Å². The van der Waals surface area contributed by atoms with Crippen LogP contribution in [-0.2, 0) is 13.0 Å². The summed E-state index contributed by atoms with van der Waals surface area (Å²) in [6.45, 7) is 1.48. The van der Waals surface area contributed by atoms with Gasteiger partial charge in [0.2, 0.25) is 0 Å². The largest absolute Gasteiger partial charge is 0.399 e. The molecule has 98 valence electrons. The second-order valence-electron chi connectivity index (χ2n) is 4.62. The van der Waals surface area contributed by atoms with Crippen molar-refractivity contribution in [3.05, 3.63) is 50.1 Å². The van der Waals surface area contributed by atoms with Crippen LogP contribution in [0.3, 0.4) is 0 Å². The van der Waals surface area contributed by atoms with Gasteiger partial charge in [0.25, 0.3) is 5.91 Å². The molecular weight excluding hydrogens is 324 g/mol. The third-order valence-corrected chi connectivity index (χ3v) is 4.74. The molecule has 1 amide bonds. The zero-order chi connectivity index (χ0) is 13.4. The first-order valence-electron chi connectivity index (χ1n) is 6.04. The number of benzene rings is 1. The highest BCUT2D eigenvalue weighted by atomic mass is 79.9. The van der Waals surface area contributed by atoms with E-state index in [9.17, 15) is 4.79 Å². The second-order valence-corrected chi connectivity index (χ2v) is 6.54. The van der Waals surface area contributed by atoms with Crippen LogP contribution in [-0.4, -0.2) is 17.4 Å². The summed E-state index contributed by atoms with van der Waals surface area (Å²) >= 11 is 5.15. The molecule has 0 radical (unpaired) electrons. The summed E-state index contributed by atoms with van der Waals surface area (Å²) in [5.41, 5.74) is 8.31. The number of nitrogens with two attached hydrogens (primary N) is 1. The summed E-state index contributed by atoms with van der Waals surface area (Å²) in [7, 11) is 0. The molecule has 0 saturated heterocycles. The Hall–Kier alpha value is -1.33. The second kappa shape index (κ2) is 4.98. The predicted molar refractivity (Wildman–Crippen MR) is 81.3 cm³/mol. The number of nitrogens with zero attached hydrogens (tertiary/aromatic N) is 1. The van der Waals surface area contributed by atoms with Gasteiger partial charge in [0, 0.05) is 33.7 Å². The molecule has 5 heteroatoms. The maximum absolute atomic E-state index is 12.5. The Balaban J connectivity index is 1.85. The van der Waals surface area contributed by atoms with Gasteiger partial charge in [0.15, 0.2) is 0 Å². The fourth-order valence-electron chi connectivity index (χ4n) is 2.34. The van der Waals surface area contributed by atoms with Crippen molar-refractivity contribution in [1.29, 1.82) is 0 Å². The molecule has 2 heterocycles. The molecule has 3 rings (SSSR count). The third-order valence-electron chi connectivity index (χ3n) is 3.26. The van der Waals surface area contributed by atoms with E-state index in [-0.39, 0.29) is 5.91 Å². The maximum atomic E-state index is 12.5. The van der Waals surface area contributed by atoms with Crippen molar-refractivity contribution in [2.24, 2.45) is 0 Å². The number of halogens is 1. The first-order valence-corrected chi connectivity index (χ1v) is 7.71. The van der Waals surface area contributed by atoms with E-state index in [2.05, 4.69) is 27.4 Å². The van der Waals surface area contributed by atoms with Gasteiger partial charge in [-0.3, -0.25) is 4.79 Å². The normalized spacial score (nSPS) is 14.3. The fourth-order valence-corrected chi connectivity index (χ4v) is 3.74. The van der Waals surface area contributed by atoms with Crippen LogP contribution in [0.2, 0.25) is 0 Å². The van der Waals surface area contributed by atoms with E-state index >= 15 is 0 Å². The summed E-state index contributed by atoms with van der Waals surface area (Å²) in [5, 5.41) is 2.09. The molecule has 0 unspecified atom stereocenters. The number of anilines is 1. The number of carbonyl (C=O) groups is 1. The van der Waals surface area contributed by atoms with Crippen LogP contribution in [0.4, 0.5) is 5.69 Å². The minimum Gasteiger partial charge on any atom is -0.399 e. The molecule has 1 aliphatic heterocycles. The molecule has 2 aromatic rings. The quantitative estimate of drug-likeness (QED) is 0.812. The van der Waals surface area contributed by atoms with Gasteiger partial charge < -0.3 is 10.6 Å². The Bertz CT molecular complexity index is 618. The lowest BCUT2D eigenvalue weighted by Crippen LogP contribution is -2.35. The average Bonchev–Trinajstić information content (AvgIpc) is 2.83. The molecule has 0 aliphatic carbocycles. The lowest BCUT2D eigenvalue weighted by molar-refractivity contribution is 0.0736. The van der Waals surface area contributed by atoms with Gasteiger partial charge in [-0.2, -0.15) is 0 Å². The standard InChI is InChI=1S/C14H13BrN2OS/c15-11-5-10(6-12(16)7-11)14(18)17-3-1-13-9(8-17)2-4-19-13/h2,4-7H,1,3,8,16H2. The number of nitrogen functional groups attached to an aromatic ring is 1. The van der Waals surface area contributed by atoms with Gasteiger partial charge in [-0.1, -0.05) is 15.9 Å². The van der Waals surface area contributed by atoms with E-state index < -0.39 is 0 Å². The monoisotopic (exact) mass is 336 g/mol. The molecule has 1 aromatic carbocycles. The molecule has 0 saturated carbocycles. The summed E-state index contributed by atoms with van der Waals surface area (Å²) in [4.78, 5) is 15.8. The van der Waals surface area contributed by atoms with E-state index in [1.54, 1.807) is 23.5 Å². The molecule has 0 fully saturated rings. The molecule has 19 heavy (non-hydrogen) atoms. The summed E-state index contributed by atoms with van der Waals surface area (Å²) in [6.07, 6.45) is 0.947. The van der Waals surface area contributed by atoms with Gasteiger partial charge in [-0.25, -0.2) is 0 Å². The van der Waals surface area contributed by atoms with E-state index in [4.69, 9.17) is 5.73 Å². The van der Waals surface area contributed by atoms with Crippen LogP contribution in [0, 0.1) is 0 Å². The average molecular weight is 337 g/mol. The Kier molecular flexibility index (Phi) is 3.33. The molecule has 0 spiro atoms. The summed E-state index contributed by atoms with van der Waals surface area (Å²) < 4.78 is 0.837. The molecule has 0 atom stereocenters. The number of hydrogen-bond acceptors (Lipinski definition) is 3. The van der Waals surface area contributed by atoms with Crippen molar-refractivity contribution in [3.8, 4) is 0 Å². The summed E-state index contributed by atoms with van der Waals surface area (Å²) in [6, 6.07) is 7.46. The molecule has 1 aliphatic rings. The van der Waals surface area contributed by atoms with Crippen molar-refractivity contribution >= 4 is 38.9 Å². The highest BCUT2D eigenvalue weighted by molar-refractivity contribution is 9.10. The minimum absolute atomic E-state index is 0.0462. The summed E-state index contributed by atoms with van der Waals surface area (Å²) in [5.74, 6) is 0.0462. The van der Waals surface area contributed by atoms with Crippen LogP contribution >= 0.6 is 27.3 Å². The predicted octanol–water partition coefficient (Wildman–Crippen LogP) is 3.29. The van der Waals surface area contributed by atoms with Gasteiger partial charge in [0.1, 0.15) is 0 Å². The Morgan fingerprint density at radius 3 is 3.00 bits per heavy atom. The molecule has 1 aromatic heterocycles. The van der Waals surface area contributed by atoms with Gasteiger partial charge >= 0.3 is 0 Å². The molecular formula is C14H13BrN2OS. The smallest absolute Gasteiger partial charge is 0.254 e. The number of hydrogen-bond donors (Lipinski definition) is 1. The van der Waals surface area contributed by atoms with Gasteiger partial charge in [0.05, 0.1) is 0 Å². The van der Waals surface area contributed by atoms with E-state index in [0.717, 1.165) is 17.4 Å². The van der Waals surface area contributed by atoms with Gasteiger partial charge in [-0.15, -0.1) is 11.3 Å². The maximum Gasteiger partial charge on any atom is 0.254 e. The van der Waals surface area contributed by atoms with Crippen LogP contribution in [0.25, 0.3) is 0 Å². The van der Waals surface area contributed by atoms with Crippen molar-refractivity contribution in [2.75, 3.05) is 12.3 Å². The topological polar surface area (TPSA) is 46.3 Å². The Morgan fingerprint density at radius 1 is 1.37 bits per heavy atom. The van der Waals surface area contributed by atoms with Crippen molar-refractivity contribution in [3.63, 3.8) is 0 Å². The number of amides is 1. The lowest BCUT2D eigenvalue weighted by atomic mass is 10.1. The zero-order valence-corrected chi connectivity index (χ0v) is 12.6. The van der Waals surface area contributed by atoms with E-state index in [0.29, 0.717) is 17.8 Å². The number of carbonyl (C=O) groups excluding carboxylic acids is 1. The highest BCUT2D eigenvalue weighted by Crippen LogP contribution is 2.26. The van der Waals surface area contributed by atoms with Crippen LogP contribution < -0.4 is 5.73 Å². The fraction of sp³-hybridized carbons (Fsp3) is 0.214. The van der Waals surface area contributed by atoms with Crippen LogP contribution in [0.5, 0.6) is 0 Å². The van der Waals surface area contributed by atoms with Gasteiger partial charge in [-0.05, 0) is 41.6 Å². The van der Waals surface area contributed by atoms with Crippen molar-refractivity contribution in [2.45, 2.75) is 13.0 Å². The zero-order valence-electron chi connectivity index (χ0n) is 10.2. The van der Waals surface area contributed by atoms with Crippen molar-refractivity contribution < 1.29 is 4.79 Å². The lowest BCUT2D eigenvalue weighted by Gasteiger charge is -2.27. The van der Waals surface area contributed by atoms with E-state index in [1.807, 2.05) is 11.0 Å². The molecule has 3 nitrogen and oxygen atoms in total. The highest BCUT2D eigenvalue weighted by Gasteiger charge is 2.22. The Morgan fingerprint density at radius 2 is 2.21 bits per heavy atom. The molecule has 2 N–H and O–H groups in total. The number of thiophene rings is 1. The minimum atomic E-state index is 0.0462. The van der Waals surface area contributed by atoms with Crippen molar-refractivity contribution in [1.82, 2.24) is 4.90 Å². The van der Waals surface area contributed by atoms with Crippen LogP contribution in [0.15, 0.2) is 34.1 Å². The third kappa shape index (κ3) is 2.53. The number of fused-ring (bicyclic) bond motifs is 1. The van der Waals surface area contributed by atoms with E-state index in [1.165, 1.54) is 10.4 Å². The number of rotatable bonds is 1. The first kappa shape index (κ1) is 12.7. The first-order chi connectivity index (χ1) is 9.13. The van der Waals surface area contributed by atoms with Crippen LogP contribution in [0.1, 0.15) is 20.8 Å². The SMILES string of the molecule is Nc1cc(Br)cc(C(=O)N2CCc3sccc3C2)c1.